The summed E-state index contributed by atoms with van der Waals surface area (Å²) >= 11 is 11.8. The standard InChI is InChI=1S/C17H13Cl2N3O5/c18-10-6-11(19)8-12(7-10)20-16(23)2-1-5-21-14-4-3-13(22(25)26)9-15(14)27-17(21)24/h3-4,6-9H,1-2,5H2,(H,20,23). The molecule has 0 spiro atoms. The van der Waals surface area contributed by atoms with Crippen molar-refractivity contribution in [2.75, 3.05) is 5.32 Å². The third-order valence-electron chi connectivity index (χ3n) is 3.79. The van der Waals surface area contributed by atoms with Crippen molar-refractivity contribution < 1.29 is 14.1 Å². The number of fused-ring (bicyclic) bond motifs is 1. The largest absolute Gasteiger partial charge is 0.419 e. The molecule has 0 radical (unpaired) electrons. The Balaban J connectivity index is 1.64. The molecule has 140 valence electrons. The number of nitro groups is 1. The smallest absolute Gasteiger partial charge is 0.407 e. The number of amides is 1. The van der Waals surface area contributed by atoms with E-state index in [9.17, 15) is 19.7 Å². The number of anilines is 1. The molecule has 3 aromatic rings. The highest BCUT2D eigenvalue weighted by Crippen LogP contribution is 2.23. The van der Waals surface area contributed by atoms with Gasteiger partial charge in [0.25, 0.3) is 5.69 Å². The first-order valence-electron chi connectivity index (χ1n) is 7.87. The zero-order valence-electron chi connectivity index (χ0n) is 13.8. The van der Waals surface area contributed by atoms with Crippen molar-refractivity contribution in [2.45, 2.75) is 19.4 Å². The van der Waals surface area contributed by atoms with Crippen molar-refractivity contribution >= 4 is 51.6 Å². The molecular formula is C17H13Cl2N3O5. The zero-order chi connectivity index (χ0) is 19.6. The summed E-state index contributed by atoms with van der Waals surface area (Å²) in [5.74, 6) is -0.891. The van der Waals surface area contributed by atoms with Crippen molar-refractivity contribution in [1.29, 1.82) is 0 Å². The number of halogens is 2. The molecule has 10 heteroatoms. The van der Waals surface area contributed by atoms with Crippen LogP contribution in [0, 0.1) is 10.1 Å². The fourth-order valence-electron chi connectivity index (χ4n) is 2.63. The number of hydrogen-bond donors (Lipinski definition) is 1. The summed E-state index contributed by atoms with van der Waals surface area (Å²) in [5.41, 5.74) is 0.888. The van der Waals surface area contributed by atoms with Crippen molar-refractivity contribution in [3.63, 3.8) is 0 Å². The number of aryl methyl sites for hydroxylation is 1. The molecule has 8 nitrogen and oxygen atoms in total. The maximum absolute atomic E-state index is 12.0. The zero-order valence-corrected chi connectivity index (χ0v) is 15.3. The van der Waals surface area contributed by atoms with Crippen LogP contribution >= 0.6 is 23.2 Å². The molecule has 0 bridgehead atoms. The summed E-state index contributed by atoms with van der Waals surface area (Å²) in [4.78, 5) is 34.2. The summed E-state index contributed by atoms with van der Waals surface area (Å²) in [5, 5.41) is 14.3. The molecule has 0 atom stereocenters. The summed E-state index contributed by atoms with van der Waals surface area (Å²) < 4.78 is 6.38. The van der Waals surface area contributed by atoms with Crippen LogP contribution in [0.1, 0.15) is 12.8 Å². The number of aromatic nitrogens is 1. The molecule has 0 saturated heterocycles. The molecule has 0 saturated carbocycles. The van der Waals surface area contributed by atoms with Gasteiger partial charge in [-0.2, -0.15) is 0 Å². The van der Waals surface area contributed by atoms with E-state index in [1.54, 1.807) is 18.2 Å². The number of hydrogen-bond acceptors (Lipinski definition) is 5. The normalized spacial score (nSPS) is 10.9. The van der Waals surface area contributed by atoms with Crippen LogP contribution in [0.4, 0.5) is 11.4 Å². The van der Waals surface area contributed by atoms with Crippen LogP contribution in [0.15, 0.2) is 45.6 Å². The molecule has 1 heterocycles. The Morgan fingerprint density at radius 1 is 1.19 bits per heavy atom. The van der Waals surface area contributed by atoms with Crippen molar-refractivity contribution in [1.82, 2.24) is 4.57 Å². The van der Waals surface area contributed by atoms with E-state index in [-0.39, 0.29) is 30.1 Å². The first kappa shape index (κ1) is 18.9. The second-order valence-electron chi connectivity index (χ2n) is 5.74. The second-order valence-corrected chi connectivity index (χ2v) is 6.61. The van der Waals surface area contributed by atoms with E-state index in [1.165, 1.54) is 22.8 Å². The van der Waals surface area contributed by atoms with Gasteiger partial charge in [0.15, 0.2) is 5.58 Å². The first-order chi connectivity index (χ1) is 12.8. The predicted octanol–water partition coefficient (Wildman–Crippen LogP) is 4.23. The van der Waals surface area contributed by atoms with Gasteiger partial charge in [0.1, 0.15) is 0 Å². The molecule has 2 aromatic carbocycles. The van der Waals surface area contributed by atoms with Gasteiger partial charge in [-0.25, -0.2) is 4.79 Å². The van der Waals surface area contributed by atoms with Crippen LogP contribution in [-0.2, 0) is 11.3 Å². The number of nitrogens with zero attached hydrogens (tertiary/aromatic N) is 2. The maximum Gasteiger partial charge on any atom is 0.419 e. The van der Waals surface area contributed by atoms with Crippen molar-refractivity contribution in [3.8, 4) is 0 Å². The average Bonchev–Trinajstić information content (AvgIpc) is 2.88. The van der Waals surface area contributed by atoms with Crippen LogP contribution in [0.5, 0.6) is 0 Å². The maximum atomic E-state index is 12.0. The quantitative estimate of drug-likeness (QED) is 0.484. The molecule has 1 N–H and O–H groups in total. The number of carbonyl (C=O) groups excluding carboxylic acids is 1. The summed E-state index contributed by atoms with van der Waals surface area (Å²) in [6.45, 7) is 0.230. The molecule has 1 aromatic heterocycles. The number of carbonyl (C=O) groups is 1. The fraction of sp³-hybridized carbons (Fsp3) is 0.176. The lowest BCUT2D eigenvalue weighted by molar-refractivity contribution is -0.384. The highest BCUT2D eigenvalue weighted by molar-refractivity contribution is 6.35. The van der Waals surface area contributed by atoms with Gasteiger partial charge in [-0.3, -0.25) is 19.5 Å². The van der Waals surface area contributed by atoms with E-state index in [2.05, 4.69) is 5.32 Å². The van der Waals surface area contributed by atoms with E-state index >= 15 is 0 Å². The third kappa shape index (κ3) is 4.47. The van der Waals surface area contributed by atoms with Gasteiger partial charge < -0.3 is 9.73 Å². The van der Waals surface area contributed by atoms with Gasteiger partial charge in [-0.15, -0.1) is 0 Å². The topological polar surface area (TPSA) is 107 Å². The number of non-ortho nitro benzene ring substituents is 1. The van der Waals surface area contributed by atoms with Crippen molar-refractivity contribution in [2.24, 2.45) is 0 Å². The van der Waals surface area contributed by atoms with Crippen LogP contribution in [0.25, 0.3) is 11.1 Å². The van der Waals surface area contributed by atoms with Crippen molar-refractivity contribution in [3.05, 3.63) is 67.1 Å². The number of benzene rings is 2. The minimum atomic E-state index is -0.632. The molecule has 0 aliphatic rings. The van der Waals surface area contributed by atoms with E-state index in [4.69, 9.17) is 27.6 Å². The monoisotopic (exact) mass is 409 g/mol. The predicted molar refractivity (Wildman–Crippen MR) is 101 cm³/mol. The minimum absolute atomic E-state index is 0.132. The summed E-state index contributed by atoms with van der Waals surface area (Å²) in [6, 6.07) is 8.65. The molecule has 0 aliphatic carbocycles. The molecule has 0 fully saturated rings. The Bertz CT molecular complexity index is 1070. The fourth-order valence-corrected chi connectivity index (χ4v) is 3.15. The molecule has 0 aliphatic heterocycles. The third-order valence-corrected chi connectivity index (χ3v) is 4.23. The van der Waals surface area contributed by atoms with E-state index in [0.717, 1.165) is 0 Å². The average molecular weight is 410 g/mol. The van der Waals surface area contributed by atoms with Gasteiger partial charge in [0, 0.05) is 34.8 Å². The highest BCUT2D eigenvalue weighted by Gasteiger charge is 2.14. The highest BCUT2D eigenvalue weighted by atomic mass is 35.5. The lowest BCUT2D eigenvalue weighted by Crippen LogP contribution is -2.17. The van der Waals surface area contributed by atoms with Crippen LogP contribution in [0.3, 0.4) is 0 Å². The first-order valence-corrected chi connectivity index (χ1v) is 8.63. The lowest BCUT2D eigenvalue weighted by Gasteiger charge is -2.07. The van der Waals surface area contributed by atoms with Crippen LogP contribution in [0.2, 0.25) is 10.0 Å². The van der Waals surface area contributed by atoms with Gasteiger partial charge in [0.05, 0.1) is 16.5 Å². The number of nitro benzene ring substituents is 1. The Labute approximate surface area is 162 Å². The van der Waals surface area contributed by atoms with Gasteiger partial charge in [0.2, 0.25) is 5.91 Å². The Kier molecular flexibility index (Phi) is 5.48. The SMILES string of the molecule is O=C(CCCn1c(=O)oc2cc([N+](=O)[O-])ccc21)Nc1cc(Cl)cc(Cl)c1. The molecule has 27 heavy (non-hydrogen) atoms. The van der Waals surface area contributed by atoms with Crippen LogP contribution in [-0.4, -0.2) is 15.4 Å². The lowest BCUT2D eigenvalue weighted by atomic mass is 10.2. The van der Waals surface area contributed by atoms with E-state index in [1.807, 2.05) is 0 Å². The molecular weight excluding hydrogens is 397 g/mol. The Morgan fingerprint density at radius 2 is 1.89 bits per heavy atom. The number of nitrogens with one attached hydrogen (secondary N) is 1. The Hall–Kier alpha value is -2.84. The summed E-state index contributed by atoms with van der Waals surface area (Å²) in [6.07, 6.45) is 0.516. The summed E-state index contributed by atoms with van der Waals surface area (Å²) in [7, 11) is 0. The van der Waals surface area contributed by atoms with Gasteiger partial charge in [-0.1, -0.05) is 23.2 Å². The van der Waals surface area contributed by atoms with E-state index < -0.39 is 10.7 Å². The Morgan fingerprint density at radius 3 is 2.56 bits per heavy atom. The van der Waals surface area contributed by atoms with Gasteiger partial charge in [-0.05, 0) is 30.7 Å². The molecule has 0 unspecified atom stereocenters. The number of oxazole rings is 1. The van der Waals surface area contributed by atoms with Gasteiger partial charge >= 0.3 is 5.76 Å². The van der Waals surface area contributed by atoms with Crippen LogP contribution < -0.4 is 11.1 Å². The molecule has 1 amide bonds. The second kappa shape index (κ2) is 7.81. The molecule has 3 rings (SSSR count). The van der Waals surface area contributed by atoms with E-state index in [0.29, 0.717) is 27.7 Å². The number of rotatable bonds is 6. The minimum Gasteiger partial charge on any atom is -0.407 e.